The number of thioether (sulfide) groups is 1. The molecule has 2 aromatic heterocycles. The van der Waals surface area contributed by atoms with Crippen molar-refractivity contribution >= 4 is 11.8 Å². The maximum absolute atomic E-state index is 5.41. The normalized spacial score (nSPS) is 12.3. The molecule has 0 amide bonds. The maximum atomic E-state index is 5.41. The second kappa shape index (κ2) is 6.10. The average molecular weight is 297 g/mol. The molecule has 5 heteroatoms. The Morgan fingerprint density at radius 1 is 1.10 bits per heavy atom. The van der Waals surface area contributed by atoms with Gasteiger partial charge >= 0.3 is 0 Å². The minimum atomic E-state index is 0.0951. The molecule has 1 unspecified atom stereocenters. The summed E-state index contributed by atoms with van der Waals surface area (Å²) >= 11 is 1.67. The van der Waals surface area contributed by atoms with E-state index < -0.39 is 0 Å². The van der Waals surface area contributed by atoms with Crippen LogP contribution in [-0.2, 0) is 0 Å². The molecule has 0 saturated heterocycles. The summed E-state index contributed by atoms with van der Waals surface area (Å²) in [6.45, 7) is 4.10. The topological polar surface area (TPSA) is 51.8 Å². The number of hydrogen-bond donors (Lipinski definition) is 0. The quantitative estimate of drug-likeness (QED) is 0.672. The van der Waals surface area contributed by atoms with Crippen molar-refractivity contribution in [2.75, 3.05) is 0 Å². The number of hydrogen-bond acceptors (Lipinski definition) is 5. The Bertz CT molecular complexity index is 727. The smallest absolute Gasteiger partial charge is 0.240 e. The van der Waals surface area contributed by atoms with Gasteiger partial charge in [0.2, 0.25) is 11.7 Å². The second-order valence-electron chi connectivity index (χ2n) is 4.71. The van der Waals surface area contributed by atoms with Crippen molar-refractivity contribution in [3.05, 3.63) is 60.2 Å². The van der Waals surface area contributed by atoms with Crippen LogP contribution in [0.5, 0.6) is 0 Å². The summed E-state index contributed by atoms with van der Waals surface area (Å²) in [6, 6.07) is 12.0. The monoisotopic (exact) mass is 297 g/mol. The largest absolute Gasteiger partial charge is 0.338 e. The Hall–Kier alpha value is -2.14. The van der Waals surface area contributed by atoms with Gasteiger partial charge in [0.15, 0.2) is 0 Å². The van der Waals surface area contributed by atoms with Gasteiger partial charge in [-0.25, -0.2) is 0 Å². The number of rotatable bonds is 4. The molecule has 4 nitrogen and oxygen atoms in total. The number of pyridine rings is 1. The van der Waals surface area contributed by atoms with Crippen molar-refractivity contribution in [1.29, 1.82) is 0 Å². The van der Waals surface area contributed by atoms with Gasteiger partial charge in [-0.1, -0.05) is 29.4 Å². The predicted molar refractivity (Wildman–Crippen MR) is 83.0 cm³/mol. The molecule has 106 valence electrons. The second-order valence-corrected chi connectivity index (χ2v) is 6.13. The molecule has 0 aliphatic rings. The van der Waals surface area contributed by atoms with E-state index >= 15 is 0 Å². The highest BCUT2D eigenvalue weighted by Crippen LogP contribution is 2.34. The summed E-state index contributed by atoms with van der Waals surface area (Å²) < 4.78 is 5.41. The zero-order chi connectivity index (χ0) is 14.7. The fourth-order valence-electron chi connectivity index (χ4n) is 2.00. The third-order valence-corrected chi connectivity index (χ3v) is 4.24. The molecule has 0 aliphatic carbocycles. The van der Waals surface area contributed by atoms with Crippen LogP contribution < -0.4 is 0 Å². The lowest BCUT2D eigenvalue weighted by Gasteiger charge is -2.05. The first kappa shape index (κ1) is 13.8. The average Bonchev–Trinajstić information content (AvgIpc) is 2.98. The van der Waals surface area contributed by atoms with Gasteiger partial charge in [0, 0.05) is 22.9 Å². The third-order valence-electron chi connectivity index (χ3n) is 3.14. The minimum absolute atomic E-state index is 0.0951. The van der Waals surface area contributed by atoms with Crippen LogP contribution >= 0.6 is 11.8 Å². The Morgan fingerprint density at radius 2 is 1.86 bits per heavy atom. The van der Waals surface area contributed by atoms with Gasteiger partial charge in [-0.15, -0.1) is 11.8 Å². The summed E-state index contributed by atoms with van der Waals surface area (Å²) in [7, 11) is 0. The van der Waals surface area contributed by atoms with E-state index in [0.717, 1.165) is 16.0 Å². The lowest BCUT2D eigenvalue weighted by atomic mass is 10.1. The van der Waals surface area contributed by atoms with E-state index in [2.05, 4.69) is 22.0 Å². The molecule has 0 saturated carbocycles. The van der Waals surface area contributed by atoms with Crippen LogP contribution in [0.3, 0.4) is 0 Å². The number of aryl methyl sites for hydroxylation is 1. The van der Waals surface area contributed by atoms with Gasteiger partial charge in [-0.05, 0) is 31.5 Å². The molecule has 0 N–H and O–H groups in total. The van der Waals surface area contributed by atoms with E-state index in [9.17, 15) is 0 Å². The fraction of sp³-hybridized carbons (Fsp3) is 0.188. The molecule has 2 heterocycles. The summed E-state index contributed by atoms with van der Waals surface area (Å²) in [5, 5.41) is 4.19. The molecule has 3 rings (SSSR count). The van der Waals surface area contributed by atoms with E-state index in [4.69, 9.17) is 4.52 Å². The minimum Gasteiger partial charge on any atom is -0.338 e. The third kappa shape index (κ3) is 3.13. The summed E-state index contributed by atoms with van der Waals surface area (Å²) in [5.74, 6) is 1.28. The molecule has 0 spiro atoms. The molecule has 0 aliphatic heterocycles. The van der Waals surface area contributed by atoms with E-state index in [1.54, 1.807) is 24.2 Å². The Labute approximate surface area is 127 Å². The van der Waals surface area contributed by atoms with Gasteiger partial charge in [0.1, 0.15) is 0 Å². The van der Waals surface area contributed by atoms with Crippen LogP contribution in [0.15, 0.2) is 58.2 Å². The van der Waals surface area contributed by atoms with Crippen LogP contribution in [0.4, 0.5) is 0 Å². The standard InChI is InChI=1S/C16H15N3OS/c1-11-5-3-4-6-14(11)15-18-16(20-19-15)12(2)21-13-7-9-17-10-8-13/h3-10,12H,1-2H3. The van der Waals surface area contributed by atoms with Gasteiger partial charge in [0.05, 0.1) is 5.25 Å². The highest BCUT2D eigenvalue weighted by Gasteiger charge is 2.17. The molecule has 1 atom stereocenters. The Morgan fingerprint density at radius 3 is 2.62 bits per heavy atom. The fourth-order valence-corrected chi connectivity index (χ4v) is 2.89. The zero-order valence-corrected chi connectivity index (χ0v) is 12.7. The van der Waals surface area contributed by atoms with Crippen molar-refractivity contribution in [3.8, 4) is 11.4 Å². The molecule has 3 aromatic rings. The van der Waals surface area contributed by atoms with E-state index in [1.165, 1.54) is 0 Å². The zero-order valence-electron chi connectivity index (χ0n) is 11.9. The van der Waals surface area contributed by atoms with E-state index in [-0.39, 0.29) is 5.25 Å². The van der Waals surface area contributed by atoms with Gasteiger partial charge in [-0.3, -0.25) is 4.98 Å². The van der Waals surface area contributed by atoms with Crippen LogP contribution in [0.2, 0.25) is 0 Å². The van der Waals surface area contributed by atoms with Crippen LogP contribution in [0, 0.1) is 6.92 Å². The molecular weight excluding hydrogens is 282 g/mol. The summed E-state index contributed by atoms with van der Waals surface area (Å²) in [4.78, 5) is 9.67. The highest BCUT2D eigenvalue weighted by molar-refractivity contribution is 7.99. The Kier molecular flexibility index (Phi) is 4.01. The number of benzene rings is 1. The van der Waals surface area contributed by atoms with Crippen LogP contribution in [0.25, 0.3) is 11.4 Å². The van der Waals surface area contributed by atoms with E-state index in [0.29, 0.717) is 11.7 Å². The molecule has 21 heavy (non-hydrogen) atoms. The van der Waals surface area contributed by atoms with Gasteiger partial charge in [-0.2, -0.15) is 4.98 Å². The lowest BCUT2D eigenvalue weighted by molar-refractivity contribution is 0.381. The SMILES string of the molecule is Cc1ccccc1-c1noc(C(C)Sc2ccncc2)n1. The van der Waals surface area contributed by atoms with E-state index in [1.807, 2.05) is 43.3 Å². The number of nitrogens with zero attached hydrogens (tertiary/aromatic N) is 3. The molecule has 0 bridgehead atoms. The van der Waals surface area contributed by atoms with Crippen molar-refractivity contribution in [1.82, 2.24) is 15.1 Å². The Balaban J connectivity index is 1.80. The summed E-state index contributed by atoms with van der Waals surface area (Å²) in [6.07, 6.45) is 3.56. The number of aromatic nitrogens is 3. The maximum Gasteiger partial charge on any atom is 0.240 e. The molecule has 0 fully saturated rings. The van der Waals surface area contributed by atoms with Crippen LogP contribution in [0.1, 0.15) is 23.6 Å². The van der Waals surface area contributed by atoms with Gasteiger partial charge in [0.25, 0.3) is 0 Å². The molecule has 1 aromatic carbocycles. The lowest BCUT2D eigenvalue weighted by Crippen LogP contribution is -1.90. The van der Waals surface area contributed by atoms with Crippen LogP contribution in [-0.4, -0.2) is 15.1 Å². The first-order chi connectivity index (χ1) is 10.2. The van der Waals surface area contributed by atoms with Crippen molar-refractivity contribution < 1.29 is 4.52 Å². The molecular formula is C16H15N3OS. The van der Waals surface area contributed by atoms with Crippen molar-refractivity contribution in [2.24, 2.45) is 0 Å². The van der Waals surface area contributed by atoms with Crippen molar-refractivity contribution in [2.45, 2.75) is 24.0 Å². The first-order valence-electron chi connectivity index (χ1n) is 6.70. The predicted octanol–water partition coefficient (Wildman–Crippen LogP) is 4.29. The highest BCUT2D eigenvalue weighted by atomic mass is 32.2. The summed E-state index contributed by atoms with van der Waals surface area (Å²) in [5.41, 5.74) is 2.15. The molecule has 0 radical (unpaired) electrons. The van der Waals surface area contributed by atoms with Crippen molar-refractivity contribution in [3.63, 3.8) is 0 Å². The van der Waals surface area contributed by atoms with Gasteiger partial charge < -0.3 is 4.52 Å². The first-order valence-corrected chi connectivity index (χ1v) is 7.58.